The lowest BCUT2D eigenvalue weighted by Gasteiger charge is -2.12. The number of imide groups is 1. The normalized spacial score (nSPS) is 13.4. The summed E-state index contributed by atoms with van der Waals surface area (Å²) in [5.41, 5.74) is 1.92. The molecule has 9 nitrogen and oxygen atoms in total. The second-order valence-corrected chi connectivity index (χ2v) is 6.89. The fraction of sp³-hybridized carbons (Fsp3) is 0.190. The van der Waals surface area contributed by atoms with Gasteiger partial charge in [0.15, 0.2) is 6.61 Å². The molecule has 1 aliphatic heterocycles. The van der Waals surface area contributed by atoms with Gasteiger partial charge in [0.05, 0.1) is 18.7 Å². The lowest BCUT2D eigenvalue weighted by Crippen LogP contribution is -2.30. The molecule has 1 saturated heterocycles. The first-order valence-corrected chi connectivity index (χ1v) is 9.34. The maximum absolute atomic E-state index is 13.7. The number of halogens is 1. The summed E-state index contributed by atoms with van der Waals surface area (Å²) in [6.07, 6.45) is 0. The van der Waals surface area contributed by atoms with Crippen molar-refractivity contribution >= 4 is 17.9 Å². The number of nitrogens with one attached hydrogen (secondary N) is 1. The van der Waals surface area contributed by atoms with Crippen molar-refractivity contribution in [3.63, 3.8) is 0 Å². The molecule has 4 rings (SSSR count). The first kappa shape index (κ1) is 20.2. The van der Waals surface area contributed by atoms with Gasteiger partial charge < -0.3 is 14.6 Å². The van der Waals surface area contributed by atoms with Crippen LogP contribution in [0.4, 0.5) is 9.18 Å². The number of carbonyl (C=O) groups excluding carboxylic acids is 3. The molecule has 158 valence electrons. The van der Waals surface area contributed by atoms with Crippen LogP contribution in [0, 0.1) is 12.7 Å². The molecule has 1 aliphatic rings. The SMILES string of the molecule is Cc1ccc(-c2noc(COC(=O)c3ccc(CN4C(=O)CNC4=O)cc3)n2)cc1F. The Morgan fingerprint density at radius 3 is 2.68 bits per heavy atom. The number of urea groups is 1. The van der Waals surface area contributed by atoms with E-state index in [4.69, 9.17) is 9.26 Å². The van der Waals surface area contributed by atoms with Gasteiger partial charge >= 0.3 is 12.0 Å². The van der Waals surface area contributed by atoms with Crippen LogP contribution in [0.15, 0.2) is 47.0 Å². The summed E-state index contributed by atoms with van der Waals surface area (Å²) in [4.78, 5) is 40.7. The molecule has 0 atom stereocenters. The van der Waals surface area contributed by atoms with Gasteiger partial charge in [-0.05, 0) is 36.2 Å². The summed E-state index contributed by atoms with van der Waals surface area (Å²) < 4.78 is 23.9. The number of amides is 3. The minimum absolute atomic E-state index is 0.0144. The minimum Gasteiger partial charge on any atom is -0.452 e. The molecule has 0 aliphatic carbocycles. The van der Waals surface area contributed by atoms with E-state index in [-0.39, 0.29) is 48.7 Å². The number of nitrogens with zero attached hydrogens (tertiary/aromatic N) is 3. The van der Waals surface area contributed by atoms with Crippen molar-refractivity contribution in [2.24, 2.45) is 0 Å². The Kier molecular flexibility index (Phi) is 5.44. The van der Waals surface area contributed by atoms with Crippen molar-refractivity contribution in [1.29, 1.82) is 0 Å². The van der Waals surface area contributed by atoms with Crippen LogP contribution in [0.2, 0.25) is 0 Å². The molecule has 2 aromatic carbocycles. The standard InChI is InChI=1S/C21H17FN4O5/c1-12-2-5-15(8-16(12)22)19-24-17(31-25-19)11-30-20(28)14-6-3-13(4-7-14)10-26-18(27)9-23-21(26)29/h2-8H,9-11H2,1H3,(H,23,29). The monoisotopic (exact) mass is 424 g/mol. The number of hydrogen-bond acceptors (Lipinski definition) is 7. The van der Waals surface area contributed by atoms with E-state index in [0.717, 1.165) is 4.90 Å². The van der Waals surface area contributed by atoms with E-state index in [1.165, 1.54) is 18.2 Å². The minimum atomic E-state index is -0.609. The zero-order chi connectivity index (χ0) is 22.0. The maximum Gasteiger partial charge on any atom is 0.338 e. The van der Waals surface area contributed by atoms with E-state index in [1.54, 1.807) is 31.2 Å². The Bertz CT molecular complexity index is 1140. The summed E-state index contributed by atoms with van der Waals surface area (Å²) >= 11 is 0. The maximum atomic E-state index is 13.7. The molecule has 1 aromatic heterocycles. The van der Waals surface area contributed by atoms with Gasteiger partial charge in [-0.15, -0.1) is 0 Å². The first-order chi connectivity index (χ1) is 14.9. The van der Waals surface area contributed by atoms with Gasteiger partial charge in [0.1, 0.15) is 5.82 Å². The Hall–Kier alpha value is -4.08. The Morgan fingerprint density at radius 2 is 2.00 bits per heavy atom. The molecular weight excluding hydrogens is 407 g/mol. The second kappa shape index (κ2) is 8.34. The average Bonchev–Trinajstić information content (AvgIpc) is 3.37. The van der Waals surface area contributed by atoms with Crippen LogP contribution in [-0.2, 0) is 22.7 Å². The van der Waals surface area contributed by atoms with E-state index in [0.29, 0.717) is 16.7 Å². The number of benzene rings is 2. The Balaban J connectivity index is 1.34. The number of aryl methyl sites for hydroxylation is 1. The second-order valence-electron chi connectivity index (χ2n) is 6.89. The smallest absolute Gasteiger partial charge is 0.338 e. The van der Waals surface area contributed by atoms with E-state index < -0.39 is 12.0 Å². The number of hydrogen-bond donors (Lipinski definition) is 1. The van der Waals surface area contributed by atoms with Crippen LogP contribution in [-0.4, -0.2) is 39.5 Å². The predicted octanol–water partition coefficient (Wildman–Crippen LogP) is 2.59. The van der Waals surface area contributed by atoms with Gasteiger partial charge in [0.2, 0.25) is 11.7 Å². The van der Waals surface area contributed by atoms with Crippen molar-refractivity contribution < 1.29 is 28.0 Å². The highest BCUT2D eigenvalue weighted by Crippen LogP contribution is 2.19. The molecule has 3 amide bonds. The van der Waals surface area contributed by atoms with Crippen LogP contribution in [0.3, 0.4) is 0 Å². The van der Waals surface area contributed by atoms with Crippen LogP contribution in [0.1, 0.15) is 27.4 Å². The third kappa shape index (κ3) is 4.42. The van der Waals surface area contributed by atoms with Crippen molar-refractivity contribution in [1.82, 2.24) is 20.4 Å². The fourth-order valence-corrected chi connectivity index (χ4v) is 2.92. The van der Waals surface area contributed by atoms with Crippen molar-refractivity contribution in [2.75, 3.05) is 6.54 Å². The summed E-state index contributed by atoms with van der Waals surface area (Å²) in [5.74, 6) is -1.04. The lowest BCUT2D eigenvalue weighted by molar-refractivity contribution is -0.125. The van der Waals surface area contributed by atoms with Crippen LogP contribution < -0.4 is 5.32 Å². The van der Waals surface area contributed by atoms with Crippen LogP contribution in [0.5, 0.6) is 0 Å². The van der Waals surface area contributed by atoms with E-state index >= 15 is 0 Å². The largest absolute Gasteiger partial charge is 0.452 e. The van der Waals surface area contributed by atoms with Gasteiger partial charge in [-0.3, -0.25) is 9.69 Å². The number of esters is 1. The van der Waals surface area contributed by atoms with Gasteiger partial charge in [-0.2, -0.15) is 4.98 Å². The van der Waals surface area contributed by atoms with Crippen molar-refractivity contribution in [3.05, 3.63) is 70.9 Å². The van der Waals surface area contributed by atoms with Crippen molar-refractivity contribution in [3.8, 4) is 11.4 Å². The van der Waals surface area contributed by atoms with E-state index in [1.807, 2.05) is 0 Å². The molecule has 1 N–H and O–H groups in total. The quantitative estimate of drug-likeness (QED) is 0.478. The topological polar surface area (TPSA) is 115 Å². The highest BCUT2D eigenvalue weighted by Gasteiger charge is 2.28. The molecule has 2 heterocycles. The number of carbonyl (C=O) groups is 3. The fourth-order valence-electron chi connectivity index (χ4n) is 2.92. The van der Waals surface area contributed by atoms with Crippen LogP contribution in [0.25, 0.3) is 11.4 Å². The molecule has 3 aromatic rings. The third-order valence-electron chi connectivity index (χ3n) is 4.69. The zero-order valence-electron chi connectivity index (χ0n) is 16.4. The number of rotatable bonds is 6. The molecule has 0 saturated carbocycles. The molecule has 0 unspecified atom stereocenters. The Labute approximate surface area is 175 Å². The molecule has 0 bridgehead atoms. The molecule has 0 spiro atoms. The van der Waals surface area contributed by atoms with Gasteiger partial charge in [0, 0.05) is 5.56 Å². The molecule has 1 fully saturated rings. The summed E-state index contributed by atoms with van der Waals surface area (Å²) in [5, 5.41) is 6.22. The molecular formula is C21H17FN4O5. The zero-order valence-corrected chi connectivity index (χ0v) is 16.4. The van der Waals surface area contributed by atoms with Crippen LogP contribution >= 0.6 is 0 Å². The third-order valence-corrected chi connectivity index (χ3v) is 4.69. The molecule has 31 heavy (non-hydrogen) atoms. The highest BCUT2D eigenvalue weighted by molar-refractivity contribution is 6.01. The molecule has 10 heteroatoms. The van der Waals surface area contributed by atoms with Gasteiger partial charge in [-0.1, -0.05) is 29.4 Å². The van der Waals surface area contributed by atoms with Crippen molar-refractivity contribution in [2.45, 2.75) is 20.1 Å². The first-order valence-electron chi connectivity index (χ1n) is 9.34. The van der Waals surface area contributed by atoms with Gasteiger partial charge in [0.25, 0.3) is 5.89 Å². The summed E-state index contributed by atoms with van der Waals surface area (Å²) in [7, 11) is 0. The number of aromatic nitrogens is 2. The Morgan fingerprint density at radius 1 is 1.23 bits per heavy atom. The van der Waals surface area contributed by atoms with E-state index in [2.05, 4.69) is 15.5 Å². The summed E-state index contributed by atoms with van der Waals surface area (Å²) in [6, 6.07) is 10.5. The highest BCUT2D eigenvalue weighted by atomic mass is 19.1. The van der Waals surface area contributed by atoms with Gasteiger partial charge in [-0.25, -0.2) is 14.0 Å². The number of ether oxygens (including phenoxy) is 1. The lowest BCUT2D eigenvalue weighted by atomic mass is 10.1. The molecule has 0 radical (unpaired) electrons. The van der Waals surface area contributed by atoms with E-state index in [9.17, 15) is 18.8 Å². The predicted molar refractivity (Wildman–Crippen MR) is 104 cm³/mol. The average molecular weight is 424 g/mol. The summed E-state index contributed by atoms with van der Waals surface area (Å²) in [6.45, 7) is 1.50.